The fraction of sp³-hybridized carbons (Fsp3) is 0. The first-order valence-corrected chi connectivity index (χ1v) is 5.90. The summed E-state index contributed by atoms with van der Waals surface area (Å²) in [6.07, 6.45) is 28.0. The predicted octanol–water partition coefficient (Wildman–Crippen LogP) is 4.21. The average Bonchev–Trinajstić information content (AvgIpc) is 2.29. The summed E-state index contributed by atoms with van der Waals surface area (Å²) < 4.78 is 0. The molecule has 0 heterocycles. The van der Waals surface area contributed by atoms with Crippen molar-refractivity contribution in [3.05, 3.63) is 96.2 Å². The molecule has 2 rings (SSSR count). The van der Waals surface area contributed by atoms with Crippen molar-refractivity contribution in [2.45, 2.75) is 0 Å². The summed E-state index contributed by atoms with van der Waals surface area (Å²) in [4.78, 5) is 0. The van der Waals surface area contributed by atoms with Crippen molar-refractivity contribution in [1.29, 1.82) is 0 Å². The zero-order valence-corrected chi connectivity index (χ0v) is 10.1. The quantitative estimate of drug-likeness (QED) is 0.547. The minimum absolute atomic E-state index is 1.01. The normalized spacial score (nSPS) is 33.3. The number of rotatable bonds is 0. The molecule has 0 amide bonds. The summed E-state index contributed by atoms with van der Waals surface area (Å²) in [6, 6.07) is 0. The van der Waals surface area contributed by atoms with Gasteiger partial charge in [-0.25, -0.2) is 0 Å². The van der Waals surface area contributed by atoms with Crippen molar-refractivity contribution in [2.24, 2.45) is 0 Å². The Hall–Kier alpha value is -2.52. The second kappa shape index (κ2) is 6.93. The Labute approximate surface area is 108 Å². The van der Waals surface area contributed by atoms with E-state index in [1.165, 1.54) is 0 Å². The molecule has 0 aromatic carbocycles. The molecule has 18 heavy (non-hydrogen) atoms. The van der Waals surface area contributed by atoms with Crippen LogP contribution in [0.1, 0.15) is 0 Å². The maximum Gasteiger partial charge on any atom is 0.0249 e. The van der Waals surface area contributed by atoms with Gasteiger partial charge in [0.25, 0.3) is 0 Å². The Balaban J connectivity index is 2.16. The summed E-state index contributed by atoms with van der Waals surface area (Å²) in [7, 11) is 0. The first-order valence-electron chi connectivity index (χ1n) is 5.90. The van der Waals surface area contributed by atoms with Crippen molar-refractivity contribution in [2.75, 3.05) is 0 Å². The van der Waals surface area contributed by atoms with Crippen LogP contribution >= 0.6 is 0 Å². The Morgan fingerprint density at radius 1 is 0.444 bits per heavy atom. The second-order valence-electron chi connectivity index (χ2n) is 3.75. The van der Waals surface area contributed by atoms with Crippen LogP contribution in [0.25, 0.3) is 0 Å². The standard InChI is InChI=1S/C18H14/c1-3-7-11-17(12-8-4-1)15-16-18-13-9-5-2-6-10-14-18/h1-14H/b3-1-,4-1?,5-2-,6-2?,7-3?,8-4-,9-5?,10-6-,11-7-,12-8?,13-9-,14-10?,17-11?,17-12+,18-13?,18-14+. The Bertz CT molecular complexity index is 534. The molecule has 0 aromatic heterocycles. The Morgan fingerprint density at radius 3 is 1.33 bits per heavy atom. The summed E-state index contributed by atoms with van der Waals surface area (Å²) in [5.41, 5.74) is 2.01. The van der Waals surface area contributed by atoms with E-state index in [9.17, 15) is 0 Å². The first kappa shape index (κ1) is 12.0. The van der Waals surface area contributed by atoms with E-state index in [1.54, 1.807) is 0 Å². The van der Waals surface area contributed by atoms with Crippen LogP contribution in [0.5, 0.6) is 0 Å². The topological polar surface area (TPSA) is 0 Å². The van der Waals surface area contributed by atoms with Crippen LogP contribution in [0.4, 0.5) is 0 Å². The lowest BCUT2D eigenvalue weighted by molar-refractivity contribution is 1.68. The van der Waals surface area contributed by atoms with Gasteiger partial charge in [0, 0.05) is 11.1 Å². The van der Waals surface area contributed by atoms with E-state index in [1.807, 2.05) is 85.1 Å². The average molecular weight is 230 g/mol. The zero-order valence-electron chi connectivity index (χ0n) is 10.1. The Kier molecular flexibility index (Phi) is 4.60. The molecule has 2 aliphatic carbocycles. The van der Waals surface area contributed by atoms with Gasteiger partial charge in [0.1, 0.15) is 0 Å². The molecule has 0 nitrogen and oxygen atoms in total. The SMILES string of the molecule is C(#CC1=C/C=C\C=C/C=C\1)C1=C/C=C\C=C/C=C\1. The lowest BCUT2D eigenvalue weighted by Gasteiger charge is -1.92. The minimum Gasteiger partial charge on any atom is -0.0623 e. The highest BCUT2D eigenvalue weighted by Crippen LogP contribution is 2.03. The van der Waals surface area contributed by atoms with Gasteiger partial charge in [-0.2, -0.15) is 0 Å². The van der Waals surface area contributed by atoms with Gasteiger partial charge in [-0.15, -0.1) is 0 Å². The molecular weight excluding hydrogens is 216 g/mol. The van der Waals surface area contributed by atoms with E-state index in [-0.39, 0.29) is 0 Å². The predicted molar refractivity (Wildman–Crippen MR) is 78.8 cm³/mol. The van der Waals surface area contributed by atoms with Gasteiger partial charge in [-0.3, -0.25) is 0 Å². The van der Waals surface area contributed by atoms with Crippen LogP contribution in [-0.4, -0.2) is 0 Å². The highest BCUT2D eigenvalue weighted by molar-refractivity contribution is 5.50. The van der Waals surface area contributed by atoms with E-state index in [2.05, 4.69) is 11.8 Å². The van der Waals surface area contributed by atoms with Crippen LogP contribution in [0.2, 0.25) is 0 Å². The van der Waals surface area contributed by atoms with Gasteiger partial charge < -0.3 is 0 Å². The van der Waals surface area contributed by atoms with E-state index < -0.39 is 0 Å². The van der Waals surface area contributed by atoms with Gasteiger partial charge in [-0.1, -0.05) is 72.6 Å². The molecule has 0 aromatic rings. The third-order valence-electron chi connectivity index (χ3n) is 2.34. The third kappa shape index (κ3) is 4.15. The fourth-order valence-electron chi connectivity index (χ4n) is 1.44. The molecule has 0 N–H and O–H groups in total. The highest BCUT2D eigenvalue weighted by Gasteiger charge is 1.87. The Morgan fingerprint density at radius 2 is 0.833 bits per heavy atom. The van der Waals surface area contributed by atoms with Crippen LogP contribution in [0.3, 0.4) is 0 Å². The molecule has 0 saturated carbocycles. The van der Waals surface area contributed by atoms with E-state index in [0.29, 0.717) is 0 Å². The molecule has 0 atom stereocenters. The second-order valence-corrected chi connectivity index (χ2v) is 3.75. The van der Waals surface area contributed by atoms with Crippen molar-refractivity contribution in [1.82, 2.24) is 0 Å². The molecule has 0 unspecified atom stereocenters. The van der Waals surface area contributed by atoms with Gasteiger partial charge in [0.2, 0.25) is 0 Å². The molecule has 2 aliphatic rings. The molecule has 86 valence electrons. The lowest BCUT2D eigenvalue weighted by atomic mass is 10.1. The van der Waals surface area contributed by atoms with Crippen molar-refractivity contribution in [3.63, 3.8) is 0 Å². The maximum absolute atomic E-state index is 3.17. The van der Waals surface area contributed by atoms with Gasteiger partial charge in [0.15, 0.2) is 0 Å². The van der Waals surface area contributed by atoms with Crippen LogP contribution in [-0.2, 0) is 0 Å². The molecule has 0 bridgehead atoms. The summed E-state index contributed by atoms with van der Waals surface area (Å²) in [6.45, 7) is 0. The van der Waals surface area contributed by atoms with Crippen LogP contribution < -0.4 is 0 Å². The largest absolute Gasteiger partial charge is 0.0623 e. The first-order chi connectivity index (χ1) is 8.95. The monoisotopic (exact) mass is 230 g/mol. The molecule has 0 fully saturated rings. The number of hydrogen-bond acceptors (Lipinski definition) is 0. The van der Waals surface area contributed by atoms with Crippen LogP contribution in [0.15, 0.2) is 96.2 Å². The maximum atomic E-state index is 3.17. The molecule has 0 aliphatic heterocycles. The summed E-state index contributed by atoms with van der Waals surface area (Å²) >= 11 is 0. The minimum atomic E-state index is 1.01. The smallest absolute Gasteiger partial charge is 0.0249 e. The fourth-order valence-corrected chi connectivity index (χ4v) is 1.44. The zero-order chi connectivity index (χ0) is 12.5. The van der Waals surface area contributed by atoms with Crippen molar-refractivity contribution < 1.29 is 0 Å². The van der Waals surface area contributed by atoms with Gasteiger partial charge in [-0.05, 0) is 24.3 Å². The number of allylic oxidation sites excluding steroid dienone is 16. The summed E-state index contributed by atoms with van der Waals surface area (Å²) in [5.74, 6) is 6.34. The summed E-state index contributed by atoms with van der Waals surface area (Å²) in [5, 5.41) is 0. The third-order valence-corrected chi connectivity index (χ3v) is 2.34. The van der Waals surface area contributed by atoms with Crippen molar-refractivity contribution in [3.8, 4) is 11.8 Å². The van der Waals surface area contributed by atoms with Gasteiger partial charge in [0.05, 0.1) is 0 Å². The molecule has 0 radical (unpaired) electrons. The van der Waals surface area contributed by atoms with Gasteiger partial charge >= 0.3 is 0 Å². The molecule has 0 saturated heterocycles. The lowest BCUT2D eigenvalue weighted by Crippen LogP contribution is -1.76. The van der Waals surface area contributed by atoms with E-state index in [4.69, 9.17) is 0 Å². The molecular formula is C18H14. The number of hydrogen-bond donors (Lipinski definition) is 0. The van der Waals surface area contributed by atoms with Crippen LogP contribution in [0, 0.1) is 11.8 Å². The van der Waals surface area contributed by atoms with Crippen molar-refractivity contribution >= 4 is 0 Å². The van der Waals surface area contributed by atoms with E-state index >= 15 is 0 Å². The highest BCUT2D eigenvalue weighted by atomic mass is 13.9. The molecule has 0 spiro atoms. The molecule has 0 heteroatoms. The van der Waals surface area contributed by atoms with E-state index in [0.717, 1.165) is 11.1 Å².